The van der Waals surface area contributed by atoms with E-state index in [4.69, 9.17) is 0 Å². The van der Waals surface area contributed by atoms with E-state index in [9.17, 15) is 12.9 Å². The molecule has 0 spiro atoms. The molecule has 1 saturated carbocycles. The standard InChI is InChI=1S/C12H23FO3S/c1-11(2,10-6-5-7-10)8-12(3,4)17(14,15)9-16-13/h10H,5-9H2,1-4H3. The maximum absolute atomic E-state index is 11.9. The van der Waals surface area contributed by atoms with Gasteiger partial charge in [-0.3, -0.25) is 0 Å². The Labute approximate surface area is 104 Å². The minimum atomic E-state index is -3.56. The first kappa shape index (κ1) is 14.9. The lowest BCUT2D eigenvalue weighted by atomic mass is 9.64. The highest BCUT2D eigenvalue weighted by molar-refractivity contribution is 7.92. The predicted molar refractivity (Wildman–Crippen MR) is 65.8 cm³/mol. The number of hydrogen-bond donors (Lipinski definition) is 0. The quantitative estimate of drug-likeness (QED) is 0.741. The molecular weight excluding hydrogens is 243 g/mol. The Hall–Kier alpha value is -0.160. The highest BCUT2D eigenvalue weighted by Gasteiger charge is 2.43. The minimum Gasteiger partial charge on any atom is -0.226 e. The van der Waals surface area contributed by atoms with Gasteiger partial charge in [-0.1, -0.05) is 20.3 Å². The second-order valence-electron chi connectivity index (χ2n) is 6.39. The smallest absolute Gasteiger partial charge is 0.189 e. The molecule has 0 radical (unpaired) electrons. The van der Waals surface area contributed by atoms with Gasteiger partial charge < -0.3 is 0 Å². The summed E-state index contributed by atoms with van der Waals surface area (Å²) in [5.41, 5.74) is -0.0227. The maximum Gasteiger partial charge on any atom is 0.189 e. The molecule has 0 aromatic heterocycles. The lowest BCUT2D eigenvalue weighted by Crippen LogP contribution is -2.42. The van der Waals surface area contributed by atoms with E-state index in [0.29, 0.717) is 12.3 Å². The zero-order valence-electron chi connectivity index (χ0n) is 11.1. The van der Waals surface area contributed by atoms with E-state index >= 15 is 0 Å². The van der Waals surface area contributed by atoms with Crippen molar-refractivity contribution in [2.75, 3.05) is 5.94 Å². The van der Waals surface area contributed by atoms with Crippen LogP contribution in [0.25, 0.3) is 0 Å². The number of rotatable bonds is 6. The SMILES string of the molecule is CC(C)(CC(C)(C)S(=O)(=O)COF)C1CCC1. The van der Waals surface area contributed by atoms with Crippen LogP contribution >= 0.6 is 0 Å². The van der Waals surface area contributed by atoms with Crippen LogP contribution in [0.15, 0.2) is 0 Å². The summed E-state index contributed by atoms with van der Waals surface area (Å²) in [6.07, 6.45) is 4.11. The molecule has 17 heavy (non-hydrogen) atoms. The van der Waals surface area contributed by atoms with Crippen molar-refractivity contribution in [1.82, 2.24) is 0 Å². The highest BCUT2D eigenvalue weighted by atomic mass is 32.2. The van der Waals surface area contributed by atoms with Gasteiger partial charge in [-0.25, -0.2) is 8.42 Å². The average Bonchev–Trinajstić information content (AvgIpc) is 1.95. The van der Waals surface area contributed by atoms with Crippen LogP contribution < -0.4 is 0 Å². The lowest BCUT2D eigenvalue weighted by molar-refractivity contribution is -0.109. The van der Waals surface area contributed by atoms with E-state index < -0.39 is 20.5 Å². The van der Waals surface area contributed by atoms with Crippen LogP contribution in [0.3, 0.4) is 0 Å². The van der Waals surface area contributed by atoms with E-state index in [-0.39, 0.29) is 5.41 Å². The van der Waals surface area contributed by atoms with Gasteiger partial charge in [-0.2, -0.15) is 4.94 Å². The third-order valence-electron chi connectivity index (χ3n) is 4.13. The van der Waals surface area contributed by atoms with Gasteiger partial charge in [-0.15, -0.1) is 0 Å². The van der Waals surface area contributed by atoms with Crippen LogP contribution in [-0.2, 0) is 14.8 Å². The van der Waals surface area contributed by atoms with Crippen molar-refractivity contribution in [3.63, 3.8) is 0 Å². The normalized spacial score (nSPS) is 19.1. The second-order valence-corrected chi connectivity index (χ2v) is 8.96. The molecule has 3 nitrogen and oxygen atoms in total. The van der Waals surface area contributed by atoms with Crippen molar-refractivity contribution >= 4 is 9.84 Å². The summed E-state index contributed by atoms with van der Waals surface area (Å²) in [6, 6.07) is 0. The molecule has 0 aliphatic heterocycles. The van der Waals surface area contributed by atoms with Crippen LogP contribution in [0.2, 0.25) is 0 Å². The molecule has 1 fully saturated rings. The van der Waals surface area contributed by atoms with Crippen LogP contribution in [0.5, 0.6) is 0 Å². The van der Waals surface area contributed by atoms with Crippen molar-refractivity contribution in [3.8, 4) is 0 Å². The number of halogens is 1. The van der Waals surface area contributed by atoms with Gasteiger partial charge in [0.25, 0.3) is 0 Å². The molecule has 0 unspecified atom stereocenters. The van der Waals surface area contributed by atoms with Gasteiger partial charge >= 0.3 is 0 Å². The Morgan fingerprint density at radius 1 is 1.24 bits per heavy atom. The zero-order valence-corrected chi connectivity index (χ0v) is 11.9. The molecule has 0 saturated heterocycles. The van der Waals surface area contributed by atoms with E-state index in [2.05, 4.69) is 18.8 Å². The fourth-order valence-electron chi connectivity index (χ4n) is 2.76. The first-order chi connectivity index (χ1) is 7.62. The zero-order chi connectivity index (χ0) is 13.3. The largest absolute Gasteiger partial charge is 0.226 e. The summed E-state index contributed by atoms with van der Waals surface area (Å²) in [7, 11) is -3.56. The Balaban J connectivity index is 2.77. The monoisotopic (exact) mass is 266 g/mol. The van der Waals surface area contributed by atoms with E-state index in [1.54, 1.807) is 13.8 Å². The van der Waals surface area contributed by atoms with E-state index in [1.165, 1.54) is 19.3 Å². The molecule has 0 heterocycles. The third-order valence-corrected chi connectivity index (χ3v) is 6.36. The molecular formula is C12H23FO3S. The summed E-state index contributed by atoms with van der Waals surface area (Å²) in [5.74, 6) is -0.260. The molecule has 0 bridgehead atoms. The molecule has 0 aromatic rings. The first-order valence-electron chi connectivity index (χ1n) is 6.08. The predicted octanol–water partition coefficient (Wildman–Crippen LogP) is 3.25. The molecule has 0 aromatic carbocycles. The molecule has 0 atom stereocenters. The van der Waals surface area contributed by atoms with E-state index in [0.717, 1.165) is 0 Å². The number of hydrogen-bond acceptors (Lipinski definition) is 3. The van der Waals surface area contributed by atoms with Crippen LogP contribution in [0.1, 0.15) is 53.4 Å². The van der Waals surface area contributed by atoms with Gasteiger partial charge in [0, 0.05) is 0 Å². The summed E-state index contributed by atoms with van der Waals surface area (Å²) in [6.45, 7) is 7.51. The maximum atomic E-state index is 11.9. The fraction of sp³-hybridized carbons (Fsp3) is 1.00. The van der Waals surface area contributed by atoms with Crippen molar-refractivity contribution in [2.45, 2.75) is 58.1 Å². The van der Waals surface area contributed by atoms with Gasteiger partial charge in [0.05, 0.1) is 4.75 Å². The van der Waals surface area contributed by atoms with Gasteiger partial charge in [0.2, 0.25) is 0 Å². The topological polar surface area (TPSA) is 43.4 Å². The molecule has 1 rings (SSSR count). The van der Waals surface area contributed by atoms with Crippen molar-refractivity contribution in [3.05, 3.63) is 0 Å². The van der Waals surface area contributed by atoms with Crippen LogP contribution in [-0.4, -0.2) is 19.1 Å². The molecule has 102 valence electrons. The van der Waals surface area contributed by atoms with Gasteiger partial charge in [-0.05, 0) is 49.0 Å². The Morgan fingerprint density at radius 3 is 2.12 bits per heavy atom. The second kappa shape index (κ2) is 4.84. The molecule has 1 aliphatic carbocycles. The summed E-state index contributed by atoms with van der Waals surface area (Å²) >= 11 is 0. The molecule has 0 amide bonds. The molecule has 1 aliphatic rings. The minimum absolute atomic E-state index is 0.0227. The lowest BCUT2D eigenvalue weighted by Gasteiger charge is -2.44. The van der Waals surface area contributed by atoms with E-state index in [1.807, 2.05) is 0 Å². The van der Waals surface area contributed by atoms with Gasteiger partial charge in [0.1, 0.15) is 0 Å². The van der Waals surface area contributed by atoms with Crippen molar-refractivity contribution in [2.24, 2.45) is 11.3 Å². The highest BCUT2D eigenvalue weighted by Crippen LogP contribution is 2.47. The Kier molecular flexibility index (Phi) is 4.24. The summed E-state index contributed by atoms with van der Waals surface area (Å²) in [4.78, 5) is 3.32. The van der Waals surface area contributed by atoms with Crippen LogP contribution in [0.4, 0.5) is 4.53 Å². The average molecular weight is 266 g/mol. The van der Waals surface area contributed by atoms with Crippen molar-refractivity contribution < 1.29 is 17.9 Å². The summed E-state index contributed by atoms with van der Waals surface area (Å²) in [5, 5.41) is 0. The summed E-state index contributed by atoms with van der Waals surface area (Å²) < 4.78 is 34.7. The van der Waals surface area contributed by atoms with Crippen LogP contribution in [0, 0.1) is 11.3 Å². The molecule has 0 N–H and O–H groups in total. The van der Waals surface area contributed by atoms with Crippen molar-refractivity contribution in [1.29, 1.82) is 0 Å². The fourth-order valence-corrected chi connectivity index (χ4v) is 3.79. The Morgan fingerprint density at radius 2 is 1.76 bits per heavy atom. The molecule has 5 heteroatoms. The Bertz CT molecular complexity index is 356. The number of sulfone groups is 1. The van der Waals surface area contributed by atoms with Gasteiger partial charge in [0.15, 0.2) is 15.8 Å². The first-order valence-corrected chi connectivity index (χ1v) is 7.73. The third kappa shape index (κ3) is 3.19.